The zero-order valence-electron chi connectivity index (χ0n) is 11.3. The van der Waals surface area contributed by atoms with E-state index in [1.807, 2.05) is 37.3 Å². The van der Waals surface area contributed by atoms with Gasteiger partial charge in [0.1, 0.15) is 0 Å². The molecule has 0 saturated carbocycles. The SMILES string of the molecule is CC(NS(=O)(=O)c1ccccc1CN)c1ccccc1. The van der Waals surface area contributed by atoms with Gasteiger partial charge < -0.3 is 5.73 Å². The van der Waals surface area contributed by atoms with Gasteiger partial charge >= 0.3 is 0 Å². The lowest BCUT2D eigenvalue weighted by Gasteiger charge is -2.16. The summed E-state index contributed by atoms with van der Waals surface area (Å²) in [5.41, 5.74) is 7.13. The molecule has 1 atom stereocenters. The molecule has 0 amide bonds. The van der Waals surface area contributed by atoms with Gasteiger partial charge in [-0.25, -0.2) is 13.1 Å². The van der Waals surface area contributed by atoms with Crippen LogP contribution < -0.4 is 10.5 Å². The molecule has 0 spiro atoms. The van der Waals surface area contributed by atoms with E-state index in [0.29, 0.717) is 5.56 Å². The molecule has 4 nitrogen and oxygen atoms in total. The standard InChI is InChI=1S/C15H18N2O2S/c1-12(13-7-3-2-4-8-13)17-20(18,19)15-10-6-5-9-14(15)11-16/h2-10,12,17H,11,16H2,1H3. The van der Waals surface area contributed by atoms with Crippen molar-refractivity contribution >= 4 is 10.0 Å². The van der Waals surface area contributed by atoms with E-state index >= 15 is 0 Å². The second kappa shape index (κ2) is 6.17. The third kappa shape index (κ3) is 3.25. The first-order chi connectivity index (χ1) is 9.54. The number of sulfonamides is 1. The normalized spacial score (nSPS) is 13.1. The topological polar surface area (TPSA) is 72.2 Å². The van der Waals surface area contributed by atoms with Crippen molar-refractivity contribution in [1.82, 2.24) is 4.72 Å². The molecule has 0 aromatic heterocycles. The molecule has 0 bridgehead atoms. The predicted octanol–water partition coefficient (Wildman–Crippen LogP) is 2.18. The van der Waals surface area contributed by atoms with Crippen LogP contribution in [0, 0.1) is 0 Å². The average molecular weight is 290 g/mol. The van der Waals surface area contributed by atoms with Crippen LogP contribution in [0.4, 0.5) is 0 Å². The third-order valence-corrected chi connectivity index (χ3v) is 4.75. The van der Waals surface area contributed by atoms with Gasteiger partial charge in [0, 0.05) is 12.6 Å². The Morgan fingerprint density at radius 2 is 1.65 bits per heavy atom. The fourth-order valence-electron chi connectivity index (χ4n) is 2.04. The molecule has 0 radical (unpaired) electrons. The van der Waals surface area contributed by atoms with Gasteiger partial charge in [-0.15, -0.1) is 0 Å². The lowest BCUT2D eigenvalue weighted by atomic mass is 10.1. The van der Waals surface area contributed by atoms with Crippen molar-refractivity contribution in [1.29, 1.82) is 0 Å². The highest BCUT2D eigenvalue weighted by atomic mass is 32.2. The number of hydrogen-bond donors (Lipinski definition) is 2. The second-order valence-electron chi connectivity index (χ2n) is 4.57. The van der Waals surface area contributed by atoms with Crippen molar-refractivity contribution in [3.05, 3.63) is 65.7 Å². The van der Waals surface area contributed by atoms with Crippen molar-refractivity contribution in [2.24, 2.45) is 5.73 Å². The van der Waals surface area contributed by atoms with Crippen molar-refractivity contribution < 1.29 is 8.42 Å². The summed E-state index contributed by atoms with van der Waals surface area (Å²) in [7, 11) is -3.58. The van der Waals surface area contributed by atoms with Crippen LogP contribution in [0.25, 0.3) is 0 Å². The molecule has 0 aliphatic rings. The molecule has 20 heavy (non-hydrogen) atoms. The fraction of sp³-hybridized carbons (Fsp3) is 0.200. The Bertz CT molecular complexity index is 669. The van der Waals surface area contributed by atoms with E-state index in [1.165, 1.54) is 0 Å². The van der Waals surface area contributed by atoms with Crippen LogP contribution >= 0.6 is 0 Å². The minimum Gasteiger partial charge on any atom is -0.326 e. The summed E-state index contributed by atoms with van der Waals surface area (Å²) in [5, 5.41) is 0. The molecule has 0 aliphatic carbocycles. The van der Waals surface area contributed by atoms with E-state index in [4.69, 9.17) is 5.73 Å². The Kier molecular flexibility index (Phi) is 4.54. The summed E-state index contributed by atoms with van der Waals surface area (Å²) in [5.74, 6) is 0. The molecule has 1 unspecified atom stereocenters. The highest BCUT2D eigenvalue weighted by Gasteiger charge is 2.20. The van der Waals surface area contributed by atoms with Crippen LogP contribution in [0.15, 0.2) is 59.5 Å². The number of nitrogens with two attached hydrogens (primary N) is 1. The van der Waals surface area contributed by atoms with Gasteiger partial charge in [0.05, 0.1) is 4.90 Å². The van der Waals surface area contributed by atoms with E-state index in [-0.39, 0.29) is 17.5 Å². The van der Waals surface area contributed by atoms with E-state index in [2.05, 4.69) is 4.72 Å². The molecule has 5 heteroatoms. The molecule has 0 heterocycles. The smallest absolute Gasteiger partial charge is 0.241 e. The molecule has 2 aromatic rings. The maximum Gasteiger partial charge on any atom is 0.241 e. The average Bonchev–Trinajstić information content (AvgIpc) is 2.47. The van der Waals surface area contributed by atoms with Crippen molar-refractivity contribution in [2.45, 2.75) is 24.4 Å². The summed E-state index contributed by atoms with van der Waals surface area (Å²) in [6, 6.07) is 15.9. The zero-order valence-corrected chi connectivity index (χ0v) is 12.1. The Morgan fingerprint density at radius 1 is 1.05 bits per heavy atom. The first-order valence-electron chi connectivity index (χ1n) is 6.40. The monoisotopic (exact) mass is 290 g/mol. The maximum atomic E-state index is 12.4. The third-order valence-electron chi connectivity index (χ3n) is 3.11. The van der Waals surface area contributed by atoms with Crippen LogP contribution in [0.3, 0.4) is 0 Å². The van der Waals surface area contributed by atoms with Crippen LogP contribution in [0.5, 0.6) is 0 Å². The number of rotatable bonds is 5. The van der Waals surface area contributed by atoms with Gasteiger partial charge in [-0.05, 0) is 24.1 Å². The summed E-state index contributed by atoms with van der Waals surface area (Å²) in [6.45, 7) is 2.01. The zero-order chi connectivity index (χ0) is 14.6. The maximum absolute atomic E-state index is 12.4. The Hall–Kier alpha value is -1.69. The largest absolute Gasteiger partial charge is 0.326 e. The molecule has 2 rings (SSSR count). The van der Waals surface area contributed by atoms with Gasteiger partial charge in [0.2, 0.25) is 10.0 Å². The van der Waals surface area contributed by atoms with Gasteiger partial charge in [-0.1, -0.05) is 48.5 Å². The molecule has 2 aromatic carbocycles. The molecule has 0 saturated heterocycles. The summed E-state index contributed by atoms with van der Waals surface area (Å²) in [6.07, 6.45) is 0. The minimum atomic E-state index is -3.58. The van der Waals surface area contributed by atoms with Gasteiger partial charge in [-0.2, -0.15) is 0 Å². The summed E-state index contributed by atoms with van der Waals surface area (Å²) >= 11 is 0. The van der Waals surface area contributed by atoms with Crippen LogP contribution in [0.1, 0.15) is 24.1 Å². The van der Waals surface area contributed by atoms with Crippen LogP contribution in [-0.2, 0) is 16.6 Å². The van der Waals surface area contributed by atoms with Gasteiger partial charge in [0.25, 0.3) is 0 Å². The van der Waals surface area contributed by atoms with Crippen LogP contribution in [-0.4, -0.2) is 8.42 Å². The fourth-order valence-corrected chi connectivity index (χ4v) is 3.52. The number of nitrogens with one attached hydrogen (secondary N) is 1. The lowest BCUT2D eigenvalue weighted by molar-refractivity contribution is 0.565. The van der Waals surface area contributed by atoms with Gasteiger partial charge in [0.15, 0.2) is 0 Å². The Labute approximate surface area is 119 Å². The Balaban J connectivity index is 2.28. The van der Waals surface area contributed by atoms with E-state index < -0.39 is 10.0 Å². The van der Waals surface area contributed by atoms with Crippen molar-refractivity contribution in [3.63, 3.8) is 0 Å². The lowest BCUT2D eigenvalue weighted by Crippen LogP contribution is -2.28. The molecule has 106 valence electrons. The predicted molar refractivity (Wildman–Crippen MR) is 79.5 cm³/mol. The molecule has 0 fully saturated rings. The number of hydrogen-bond acceptors (Lipinski definition) is 3. The van der Waals surface area contributed by atoms with E-state index in [0.717, 1.165) is 5.56 Å². The molecular weight excluding hydrogens is 272 g/mol. The quantitative estimate of drug-likeness (QED) is 0.886. The Morgan fingerprint density at radius 3 is 2.30 bits per heavy atom. The first-order valence-corrected chi connectivity index (χ1v) is 7.88. The molecular formula is C15H18N2O2S. The van der Waals surface area contributed by atoms with Crippen LogP contribution in [0.2, 0.25) is 0 Å². The summed E-state index contributed by atoms with van der Waals surface area (Å²) < 4.78 is 27.5. The molecule has 0 aliphatic heterocycles. The van der Waals surface area contributed by atoms with Crippen molar-refractivity contribution in [2.75, 3.05) is 0 Å². The highest BCUT2D eigenvalue weighted by Crippen LogP contribution is 2.19. The minimum absolute atomic E-state index is 0.191. The first kappa shape index (κ1) is 14.7. The highest BCUT2D eigenvalue weighted by molar-refractivity contribution is 7.89. The molecule has 3 N–H and O–H groups in total. The van der Waals surface area contributed by atoms with E-state index in [1.54, 1.807) is 24.3 Å². The summed E-state index contributed by atoms with van der Waals surface area (Å²) in [4.78, 5) is 0.241. The van der Waals surface area contributed by atoms with Gasteiger partial charge in [-0.3, -0.25) is 0 Å². The number of benzene rings is 2. The van der Waals surface area contributed by atoms with E-state index in [9.17, 15) is 8.42 Å². The second-order valence-corrected chi connectivity index (χ2v) is 6.25. The van der Waals surface area contributed by atoms with Crippen molar-refractivity contribution in [3.8, 4) is 0 Å².